The van der Waals surface area contributed by atoms with E-state index in [0.717, 1.165) is 0 Å². The van der Waals surface area contributed by atoms with Crippen molar-refractivity contribution in [2.24, 2.45) is 4.99 Å². The van der Waals surface area contributed by atoms with Crippen LogP contribution < -0.4 is 5.48 Å². The molecule has 1 heterocycles. The van der Waals surface area contributed by atoms with Gasteiger partial charge in [0.15, 0.2) is 5.84 Å². The second-order valence-electron chi connectivity index (χ2n) is 3.83. The summed E-state index contributed by atoms with van der Waals surface area (Å²) in [5.41, 5.74) is 2.47. The zero-order chi connectivity index (χ0) is 14.3. The van der Waals surface area contributed by atoms with Crippen LogP contribution in [0.15, 0.2) is 23.2 Å². The first kappa shape index (κ1) is 14.4. The highest BCUT2D eigenvalue weighted by Crippen LogP contribution is 2.32. The fourth-order valence-electron chi connectivity index (χ4n) is 1.45. The van der Waals surface area contributed by atoms with Gasteiger partial charge in [-0.3, -0.25) is 0 Å². The molecular weight excluding hydrogens is 308 g/mol. The summed E-state index contributed by atoms with van der Waals surface area (Å²) in [7, 11) is 0. The van der Waals surface area contributed by atoms with E-state index in [9.17, 15) is 18.3 Å². The molecule has 9 heteroatoms. The Balaban J connectivity index is 2.25. The molecule has 0 aliphatic carbocycles. The average Bonchev–Trinajstić information content (AvgIpc) is 2.62. The molecule has 0 fully saturated rings. The van der Waals surface area contributed by atoms with E-state index in [1.54, 1.807) is 0 Å². The number of aliphatic imine (C=N–C) groups is 1. The molecule has 4 nitrogen and oxygen atoms in total. The molecule has 0 saturated carbocycles. The molecule has 0 amide bonds. The van der Waals surface area contributed by atoms with Gasteiger partial charge >= 0.3 is 6.18 Å². The van der Waals surface area contributed by atoms with Crippen LogP contribution in [0, 0.1) is 0 Å². The monoisotopic (exact) mass is 314 g/mol. The summed E-state index contributed by atoms with van der Waals surface area (Å²) in [5.74, 6) is -2.75. The van der Waals surface area contributed by atoms with Gasteiger partial charge in [0, 0.05) is 5.56 Å². The lowest BCUT2D eigenvalue weighted by molar-refractivity contribution is -0.266. The highest BCUT2D eigenvalue weighted by molar-refractivity contribution is 6.42. The summed E-state index contributed by atoms with van der Waals surface area (Å²) in [6, 6.07) is 4.31. The number of aliphatic hydroxyl groups is 1. The van der Waals surface area contributed by atoms with Crippen LogP contribution in [-0.4, -0.2) is 23.0 Å². The van der Waals surface area contributed by atoms with E-state index in [4.69, 9.17) is 23.2 Å². The van der Waals surface area contributed by atoms with Crippen molar-refractivity contribution in [1.29, 1.82) is 0 Å². The first-order valence-electron chi connectivity index (χ1n) is 4.97. The van der Waals surface area contributed by atoms with Crippen molar-refractivity contribution in [2.45, 2.75) is 18.5 Å². The van der Waals surface area contributed by atoms with Gasteiger partial charge in [-0.15, -0.1) is 0 Å². The lowest BCUT2D eigenvalue weighted by Crippen LogP contribution is -2.35. The minimum atomic E-state index is -4.62. The highest BCUT2D eigenvalue weighted by atomic mass is 35.5. The number of hydrogen-bond acceptors (Lipinski definition) is 4. The molecule has 0 bridgehead atoms. The third-order valence-electron chi connectivity index (χ3n) is 2.22. The minimum absolute atomic E-state index is 0.0645. The number of halogens is 5. The number of hydroxylamine groups is 1. The predicted octanol–water partition coefficient (Wildman–Crippen LogP) is 2.87. The quantitative estimate of drug-likeness (QED) is 0.882. The Morgan fingerprint density at radius 2 is 2.00 bits per heavy atom. The summed E-state index contributed by atoms with van der Waals surface area (Å²) in [4.78, 5) is 7.92. The number of benzene rings is 1. The number of nitrogens with one attached hydrogen (secondary N) is 1. The van der Waals surface area contributed by atoms with Crippen LogP contribution in [0.4, 0.5) is 13.2 Å². The molecule has 0 aromatic heterocycles. The third kappa shape index (κ3) is 3.50. The van der Waals surface area contributed by atoms with Gasteiger partial charge in [0.25, 0.3) is 5.91 Å². The molecular formula is C10H7Cl2F3N2O2. The summed E-state index contributed by atoms with van der Waals surface area (Å²) < 4.78 is 36.7. The Bertz CT molecular complexity index is 536. The smallest absolute Gasteiger partial charge is 0.346 e. The Labute approximate surface area is 115 Å². The molecule has 0 spiro atoms. The van der Waals surface area contributed by atoms with Crippen molar-refractivity contribution in [3.8, 4) is 0 Å². The Hall–Kier alpha value is -1.02. The van der Waals surface area contributed by atoms with E-state index in [1.807, 2.05) is 0 Å². The van der Waals surface area contributed by atoms with Gasteiger partial charge < -0.3 is 5.11 Å². The van der Waals surface area contributed by atoms with E-state index in [0.29, 0.717) is 5.56 Å². The Morgan fingerprint density at radius 1 is 1.32 bits per heavy atom. The largest absolute Gasteiger partial charge is 0.396 e. The van der Waals surface area contributed by atoms with Crippen molar-refractivity contribution in [1.82, 2.24) is 5.48 Å². The topological polar surface area (TPSA) is 53.9 Å². The molecule has 2 N–H and O–H groups in total. The molecule has 1 aromatic carbocycles. The van der Waals surface area contributed by atoms with Crippen LogP contribution in [0.2, 0.25) is 10.0 Å². The molecule has 0 radical (unpaired) electrons. The van der Waals surface area contributed by atoms with Crippen LogP contribution in [0.3, 0.4) is 0 Å². The molecule has 1 aliphatic rings. The van der Waals surface area contributed by atoms with E-state index < -0.39 is 18.5 Å². The predicted molar refractivity (Wildman–Crippen MR) is 62.8 cm³/mol. The molecule has 1 unspecified atom stereocenters. The van der Waals surface area contributed by atoms with Gasteiger partial charge in [0.1, 0.15) is 6.42 Å². The standard InChI is InChI=1S/C10H7Cl2F3N2O2/c11-6-2-1-5(3-7(6)12)8-16-10(18,19-17-8)4-9(13,14)15/h1-3,18H,4H2,(H,16,17). The number of rotatable bonds is 2. The molecule has 1 atom stereocenters. The lowest BCUT2D eigenvalue weighted by Gasteiger charge is -2.17. The fraction of sp³-hybridized carbons (Fsp3) is 0.300. The number of hydrogen-bond donors (Lipinski definition) is 2. The van der Waals surface area contributed by atoms with Crippen LogP contribution in [0.1, 0.15) is 12.0 Å². The maximum absolute atomic E-state index is 12.2. The molecule has 0 saturated heterocycles. The Kier molecular flexibility index (Phi) is 3.65. The van der Waals surface area contributed by atoms with Gasteiger partial charge in [0.2, 0.25) is 0 Å². The average molecular weight is 315 g/mol. The third-order valence-corrected chi connectivity index (χ3v) is 2.96. The van der Waals surface area contributed by atoms with Crippen molar-refractivity contribution < 1.29 is 23.1 Å². The van der Waals surface area contributed by atoms with Crippen molar-refractivity contribution in [2.75, 3.05) is 0 Å². The second-order valence-corrected chi connectivity index (χ2v) is 4.64. The number of amidine groups is 1. The van der Waals surface area contributed by atoms with Crippen LogP contribution >= 0.6 is 23.2 Å². The normalized spacial score (nSPS) is 23.2. The number of alkyl halides is 3. The zero-order valence-electron chi connectivity index (χ0n) is 9.13. The fourth-order valence-corrected chi connectivity index (χ4v) is 1.75. The van der Waals surface area contributed by atoms with Gasteiger partial charge in [-0.1, -0.05) is 23.2 Å². The molecule has 19 heavy (non-hydrogen) atoms. The van der Waals surface area contributed by atoms with E-state index in [1.165, 1.54) is 18.2 Å². The van der Waals surface area contributed by atoms with Crippen molar-refractivity contribution in [3.05, 3.63) is 33.8 Å². The van der Waals surface area contributed by atoms with Gasteiger partial charge in [0.05, 0.1) is 10.0 Å². The van der Waals surface area contributed by atoms with Gasteiger partial charge in [-0.25, -0.2) is 15.3 Å². The zero-order valence-corrected chi connectivity index (χ0v) is 10.6. The maximum atomic E-state index is 12.2. The number of nitrogens with zero attached hydrogens (tertiary/aromatic N) is 1. The van der Waals surface area contributed by atoms with E-state index in [-0.39, 0.29) is 15.9 Å². The maximum Gasteiger partial charge on any atom is 0.396 e. The molecule has 2 rings (SSSR count). The first-order chi connectivity index (χ1) is 8.69. The van der Waals surface area contributed by atoms with Crippen LogP contribution in [0.5, 0.6) is 0 Å². The van der Waals surface area contributed by atoms with E-state index >= 15 is 0 Å². The lowest BCUT2D eigenvalue weighted by atomic mass is 10.2. The van der Waals surface area contributed by atoms with Gasteiger partial charge in [-0.2, -0.15) is 13.2 Å². The molecule has 104 valence electrons. The first-order valence-corrected chi connectivity index (χ1v) is 5.73. The highest BCUT2D eigenvalue weighted by Gasteiger charge is 2.46. The molecule has 1 aromatic rings. The van der Waals surface area contributed by atoms with Crippen molar-refractivity contribution in [3.63, 3.8) is 0 Å². The van der Waals surface area contributed by atoms with Crippen LogP contribution in [0.25, 0.3) is 0 Å². The SMILES string of the molecule is OC1(CC(F)(F)F)N=C(c2ccc(Cl)c(Cl)c2)NO1. The second kappa shape index (κ2) is 4.82. The minimum Gasteiger partial charge on any atom is -0.346 e. The van der Waals surface area contributed by atoms with E-state index in [2.05, 4.69) is 15.3 Å². The summed E-state index contributed by atoms with van der Waals surface area (Å²) in [6.45, 7) is 0. The summed E-state index contributed by atoms with van der Waals surface area (Å²) >= 11 is 11.5. The van der Waals surface area contributed by atoms with Gasteiger partial charge in [-0.05, 0) is 18.2 Å². The van der Waals surface area contributed by atoms with Crippen molar-refractivity contribution >= 4 is 29.0 Å². The molecule has 1 aliphatic heterocycles. The summed E-state index contributed by atoms with van der Waals surface area (Å²) in [5, 5.41) is 10.0. The Morgan fingerprint density at radius 3 is 2.58 bits per heavy atom. The van der Waals surface area contributed by atoms with Crippen LogP contribution in [-0.2, 0) is 4.84 Å². The summed E-state index contributed by atoms with van der Waals surface area (Å²) in [6.07, 6.45) is -6.25.